The fourth-order valence-corrected chi connectivity index (χ4v) is 9.61. The molecule has 51 heavy (non-hydrogen) atoms. The van der Waals surface area contributed by atoms with E-state index in [1.165, 1.54) is 20.8 Å². The highest BCUT2D eigenvalue weighted by Crippen LogP contribution is 2.66. The van der Waals surface area contributed by atoms with Crippen molar-refractivity contribution in [1.29, 1.82) is 0 Å². The van der Waals surface area contributed by atoms with Gasteiger partial charge in [0.1, 0.15) is 12.2 Å². The van der Waals surface area contributed by atoms with Gasteiger partial charge < -0.3 is 28.5 Å². The molecule has 0 amide bonds. The number of carbonyl (C=O) groups is 5. The molecule has 4 rings (SSSR count). The van der Waals surface area contributed by atoms with E-state index in [-0.39, 0.29) is 29.0 Å². The molecule has 0 heterocycles. The molecule has 0 unspecified atom stereocenters. The maximum absolute atomic E-state index is 14.1. The van der Waals surface area contributed by atoms with Crippen LogP contribution in [0.4, 0.5) is 0 Å². The van der Waals surface area contributed by atoms with Gasteiger partial charge in [-0.1, -0.05) is 52.5 Å². The van der Waals surface area contributed by atoms with Crippen molar-refractivity contribution in [2.24, 2.45) is 16.7 Å². The number of hydrogen-bond acceptors (Lipinski definition) is 11. The first-order valence-corrected chi connectivity index (χ1v) is 20.3. The van der Waals surface area contributed by atoms with Crippen LogP contribution in [0.25, 0.3) is 0 Å². The number of fused-ring (bicyclic) bond motifs is 2. The Hall–Kier alpha value is -3.61. The van der Waals surface area contributed by atoms with Gasteiger partial charge in [-0.15, -0.1) is 0 Å². The molecule has 12 heteroatoms. The summed E-state index contributed by atoms with van der Waals surface area (Å²) >= 11 is 0. The normalized spacial score (nSPS) is 31.2. The van der Waals surface area contributed by atoms with Crippen molar-refractivity contribution in [1.82, 2.24) is 0 Å². The standard InChI is InChI=1S/C39H54O11Si/c1-21-27(43)19-29(46-23(3)40)38(11)31(21)33(47-24(4)41)39(37(9,10)45)20-28(50-51(12,13)36(6,7)8)22(2)30(39)32(34(38)48-25(5)42)49-35(44)26-17-15-14-16-18-26/h14-18,28-29,31-34,45H,1,19-20H2,2-13H3/t28-,29-,31-,32+,33-,34-,38+,39-/m0/s1. The van der Waals surface area contributed by atoms with Crippen LogP contribution in [0.15, 0.2) is 53.6 Å². The van der Waals surface area contributed by atoms with Crippen LogP contribution >= 0.6 is 0 Å². The van der Waals surface area contributed by atoms with Gasteiger partial charge in [0.15, 0.2) is 26.3 Å². The minimum absolute atomic E-state index is 0.0359. The minimum Gasteiger partial charge on any atom is -0.461 e. The first-order valence-electron chi connectivity index (χ1n) is 17.4. The molecule has 1 aromatic carbocycles. The van der Waals surface area contributed by atoms with Crippen molar-refractivity contribution >= 4 is 38.0 Å². The molecular weight excluding hydrogens is 673 g/mol. The molecule has 280 valence electrons. The van der Waals surface area contributed by atoms with E-state index in [1.54, 1.807) is 51.1 Å². The largest absolute Gasteiger partial charge is 0.461 e. The van der Waals surface area contributed by atoms with Gasteiger partial charge in [0.2, 0.25) is 0 Å². The zero-order valence-corrected chi connectivity index (χ0v) is 33.0. The van der Waals surface area contributed by atoms with Crippen LogP contribution in [-0.4, -0.2) is 79.2 Å². The molecule has 0 aliphatic heterocycles. The second-order valence-electron chi connectivity index (χ2n) is 16.5. The van der Waals surface area contributed by atoms with E-state index in [1.807, 2.05) is 6.92 Å². The molecule has 8 atom stereocenters. The van der Waals surface area contributed by atoms with Gasteiger partial charge in [-0.3, -0.25) is 19.2 Å². The number of ether oxygens (including phenoxy) is 4. The minimum atomic E-state index is -2.53. The lowest BCUT2D eigenvalue weighted by Gasteiger charge is -2.54. The number of benzene rings is 1. The Labute approximate surface area is 302 Å². The number of rotatable bonds is 8. The lowest BCUT2D eigenvalue weighted by Crippen LogP contribution is -2.63. The summed E-state index contributed by atoms with van der Waals surface area (Å²) < 4.78 is 31.9. The highest BCUT2D eigenvalue weighted by molar-refractivity contribution is 6.74. The number of esters is 4. The van der Waals surface area contributed by atoms with Gasteiger partial charge in [0.25, 0.3) is 0 Å². The van der Waals surface area contributed by atoms with Crippen molar-refractivity contribution in [3.05, 3.63) is 59.2 Å². The third kappa shape index (κ3) is 6.98. The molecule has 0 radical (unpaired) electrons. The summed E-state index contributed by atoms with van der Waals surface area (Å²) in [5, 5.41) is 12.3. The number of hydrogen-bond donors (Lipinski definition) is 1. The van der Waals surface area contributed by atoms with E-state index in [0.29, 0.717) is 11.1 Å². The predicted molar refractivity (Wildman–Crippen MR) is 191 cm³/mol. The quantitative estimate of drug-likeness (QED) is 0.110. The summed E-state index contributed by atoms with van der Waals surface area (Å²) in [4.78, 5) is 67.0. The molecule has 0 aromatic heterocycles. The smallest absolute Gasteiger partial charge is 0.338 e. The fourth-order valence-electron chi connectivity index (χ4n) is 8.28. The van der Waals surface area contributed by atoms with Gasteiger partial charge in [-0.05, 0) is 74.2 Å². The highest BCUT2D eigenvalue weighted by Gasteiger charge is 2.74. The van der Waals surface area contributed by atoms with Crippen LogP contribution in [0.2, 0.25) is 18.1 Å². The topological polar surface area (TPSA) is 152 Å². The first-order chi connectivity index (χ1) is 23.3. The van der Waals surface area contributed by atoms with Crippen LogP contribution in [0.5, 0.6) is 0 Å². The summed E-state index contributed by atoms with van der Waals surface area (Å²) in [6.07, 6.45) is -6.39. The Morgan fingerprint density at radius 1 is 0.882 bits per heavy atom. The van der Waals surface area contributed by atoms with E-state index in [9.17, 15) is 29.1 Å². The molecule has 3 aliphatic rings. The molecule has 2 fully saturated rings. The number of aliphatic hydroxyl groups is 1. The van der Waals surface area contributed by atoms with Crippen molar-refractivity contribution in [3.8, 4) is 0 Å². The van der Waals surface area contributed by atoms with Crippen LogP contribution < -0.4 is 0 Å². The van der Waals surface area contributed by atoms with Crippen LogP contribution in [0.1, 0.15) is 92.4 Å². The molecule has 0 saturated heterocycles. The number of carbonyl (C=O) groups excluding carboxylic acids is 5. The molecule has 3 aliphatic carbocycles. The zero-order chi connectivity index (χ0) is 38.6. The van der Waals surface area contributed by atoms with Crippen molar-refractivity contribution < 1.29 is 52.5 Å². The Balaban J connectivity index is 2.21. The summed E-state index contributed by atoms with van der Waals surface area (Å²) in [6, 6.07) is 8.27. The molecule has 0 bridgehead atoms. The number of ketones is 1. The predicted octanol–water partition coefficient (Wildman–Crippen LogP) is 6.04. The fraction of sp³-hybridized carbons (Fsp3) is 0.615. The lowest BCUT2D eigenvalue weighted by molar-refractivity contribution is -0.207. The Kier molecular flexibility index (Phi) is 10.8. The molecule has 11 nitrogen and oxygen atoms in total. The first kappa shape index (κ1) is 40.2. The molecule has 1 aromatic rings. The highest BCUT2D eigenvalue weighted by atomic mass is 28.4. The van der Waals surface area contributed by atoms with Gasteiger partial charge in [-0.25, -0.2) is 4.79 Å². The third-order valence-electron chi connectivity index (χ3n) is 11.8. The van der Waals surface area contributed by atoms with E-state index < -0.39 is 90.8 Å². The van der Waals surface area contributed by atoms with Gasteiger partial charge in [-0.2, -0.15) is 0 Å². The molecule has 1 N–H and O–H groups in total. The van der Waals surface area contributed by atoms with Crippen LogP contribution in [0.3, 0.4) is 0 Å². The zero-order valence-electron chi connectivity index (χ0n) is 32.0. The van der Waals surface area contributed by atoms with E-state index in [4.69, 9.17) is 23.4 Å². The molecule has 2 saturated carbocycles. The summed E-state index contributed by atoms with van der Waals surface area (Å²) in [5.41, 5.74) is -3.76. The van der Waals surface area contributed by atoms with Crippen LogP contribution in [-0.2, 0) is 42.6 Å². The van der Waals surface area contributed by atoms with Crippen molar-refractivity contribution in [2.75, 3.05) is 0 Å². The molecule has 0 spiro atoms. The maximum atomic E-state index is 14.1. The Morgan fingerprint density at radius 2 is 1.41 bits per heavy atom. The average molecular weight is 727 g/mol. The SMILES string of the molecule is C=C1C(=O)C[C@H](OC(C)=O)[C@@]2(C)[C@@H](OC(C)=O)[C@H](OC(=O)c3ccccc3)C3=C(C)[C@@H](O[Si](C)(C)C(C)(C)C)C[C@@]3(C(C)(C)O)[C@@H](OC(C)=O)[C@H]12. The van der Waals surface area contributed by atoms with E-state index >= 15 is 0 Å². The summed E-state index contributed by atoms with van der Waals surface area (Å²) in [5.74, 6) is -4.56. The Bertz CT molecular complexity index is 1630. The van der Waals surface area contributed by atoms with Crippen molar-refractivity contribution in [3.63, 3.8) is 0 Å². The van der Waals surface area contributed by atoms with Crippen molar-refractivity contribution in [2.45, 2.75) is 136 Å². The van der Waals surface area contributed by atoms with E-state index in [0.717, 1.165) is 0 Å². The lowest BCUT2D eigenvalue weighted by atomic mass is 9.54. The monoisotopic (exact) mass is 726 g/mol. The average Bonchev–Trinajstić information content (AvgIpc) is 3.24. The Morgan fingerprint density at radius 3 is 1.90 bits per heavy atom. The molecular formula is C39H54O11Si. The second-order valence-corrected chi connectivity index (χ2v) is 21.3. The summed E-state index contributed by atoms with van der Waals surface area (Å²) in [6.45, 7) is 24.9. The van der Waals surface area contributed by atoms with Gasteiger partial charge in [0, 0.05) is 33.1 Å². The van der Waals surface area contributed by atoms with E-state index in [2.05, 4.69) is 40.4 Å². The second kappa shape index (κ2) is 13.7. The maximum Gasteiger partial charge on any atom is 0.338 e. The third-order valence-corrected chi connectivity index (χ3v) is 16.3. The summed E-state index contributed by atoms with van der Waals surface area (Å²) in [7, 11) is -2.53. The van der Waals surface area contributed by atoms with Gasteiger partial charge in [0.05, 0.1) is 28.1 Å². The number of Topliss-reactive ketones (excluding diaryl/α,β-unsaturated/α-hetero) is 1. The van der Waals surface area contributed by atoms with Crippen LogP contribution in [0, 0.1) is 16.7 Å². The van der Waals surface area contributed by atoms with Gasteiger partial charge >= 0.3 is 23.9 Å².